The normalized spacial score (nSPS) is 11.9. The highest BCUT2D eigenvalue weighted by molar-refractivity contribution is 6.02. The number of amides is 1. The van der Waals surface area contributed by atoms with Crippen molar-refractivity contribution < 1.29 is 14.3 Å². The van der Waals surface area contributed by atoms with Crippen LogP contribution in [0.15, 0.2) is 48.8 Å². The molecule has 0 saturated heterocycles. The van der Waals surface area contributed by atoms with E-state index in [1.54, 1.807) is 24.4 Å². The number of fused-ring (bicyclic) bond motifs is 1. The highest BCUT2D eigenvalue weighted by atomic mass is 16.7. The van der Waals surface area contributed by atoms with Gasteiger partial charge in [0.15, 0.2) is 11.5 Å². The van der Waals surface area contributed by atoms with E-state index in [0.29, 0.717) is 23.0 Å². The molecule has 2 heterocycles. The number of anilines is 3. The Kier molecular flexibility index (Phi) is 5.29. The number of nitrogens with one attached hydrogen (secondary N) is 2. The summed E-state index contributed by atoms with van der Waals surface area (Å²) in [4.78, 5) is 21.1. The maximum Gasteiger partial charge on any atom is 0.275 e. The summed E-state index contributed by atoms with van der Waals surface area (Å²) in [6.07, 6.45) is 4.87. The second-order valence-corrected chi connectivity index (χ2v) is 6.59. The molecule has 0 radical (unpaired) electrons. The molecule has 29 heavy (non-hydrogen) atoms. The second kappa shape index (κ2) is 8.18. The van der Waals surface area contributed by atoms with Gasteiger partial charge < -0.3 is 20.1 Å². The predicted octanol–water partition coefficient (Wildman–Crippen LogP) is 4.33. The molecule has 0 atom stereocenters. The number of rotatable bonds is 6. The number of hydrogen-bond donors (Lipinski definition) is 2. The molecule has 0 saturated carbocycles. The van der Waals surface area contributed by atoms with Crippen LogP contribution in [0.5, 0.6) is 11.5 Å². The van der Waals surface area contributed by atoms with Crippen molar-refractivity contribution in [3.63, 3.8) is 0 Å². The zero-order chi connectivity index (χ0) is 20.2. The quantitative estimate of drug-likeness (QED) is 0.652. The Morgan fingerprint density at radius 3 is 2.45 bits per heavy atom. The Balaban J connectivity index is 1.47. The summed E-state index contributed by atoms with van der Waals surface area (Å²) in [7, 11) is 0. The third-order valence-corrected chi connectivity index (χ3v) is 4.77. The molecule has 0 spiro atoms. The summed E-state index contributed by atoms with van der Waals surface area (Å²) in [5, 5.41) is 6.15. The number of para-hydroxylation sites is 1. The molecule has 4 rings (SSSR count). The number of benzene rings is 2. The van der Waals surface area contributed by atoms with Crippen LogP contribution in [0.2, 0.25) is 0 Å². The molecule has 1 aromatic heterocycles. The smallest absolute Gasteiger partial charge is 0.275 e. The van der Waals surface area contributed by atoms with E-state index in [4.69, 9.17) is 9.47 Å². The van der Waals surface area contributed by atoms with Crippen molar-refractivity contribution >= 4 is 23.1 Å². The number of aromatic nitrogens is 2. The van der Waals surface area contributed by atoms with Crippen LogP contribution in [-0.4, -0.2) is 22.7 Å². The van der Waals surface area contributed by atoms with E-state index in [1.165, 1.54) is 17.3 Å². The standard InChI is InChI=1S/C22H22N4O3/c1-3-14-6-5-7-15(4-2)21(14)26-20-12-23-17(11-24-20)22(27)25-16-8-9-18-19(10-16)29-13-28-18/h5-12H,3-4,13H2,1-2H3,(H,24,26)(H,25,27). The second-order valence-electron chi connectivity index (χ2n) is 6.59. The molecule has 7 heteroatoms. The molecular weight excluding hydrogens is 368 g/mol. The number of nitrogens with zero attached hydrogens (tertiary/aromatic N) is 2. The van der Waals surface area contributed by atoms with Crippen molar-refractivity contribution in [2.24, 2.45) is 0 Å². The third kappa shape index (κ3) is 3.99. The molecule has 0 fully saturated rings. The van der Waals surface area contributed by atoms with Gasteiger partial charge in [-0.25, -0.2) is 9.97 Å². The molecule has 2 aromatic carbocycles. The van der Waals surface area contributed by atoms with E-state index in [2.05, 4.69) is 52.6 Å². The molecule has 1 amide bonds. The number of ether oxygens (including phenoxy) is 2. The largest absolute Gasteiger partial charge is 0.454 e. The summed E-state index contributed by atoms with van der Waals surface area (Å²) in [5.74, 6) is 1.53. The van der Waals surface area contributed by atoms with E-state index in [0.717, 1.165) is 18.5 Å². The summed E-state index contributed by atoms with van der Waals surface area (Å²) < 4.78 is 10.6. The Bertz CT molecular complexity index is 1010. The lowest BCUT2D eigenvalue weighted by Gasteiger charge is -2.14. The molecule has 1 aliphatic rings. The van der Waals surface area contributed by atoms with Crippen molar-refractivity contribution in [2.45, 2.75) is 26.7 Å². The van der Waals surface area contributed by atoms with Gasteiger partial charge in [-0.2, -0.15) is 0 Å². The number of carbonyl (C=O) groups excluding carboxylic acids is 1. The topological polar surface area (TPSA) is 85.4 Å². The van der Waals surface area contributed by atoms with Gasteiger partial charge in [0.2, 0.25) is 6.79 Å². The monoisotopic (exact) mass is 390 g/mol. The number of carbonyl (C=O) groups is 1. The van der Waals surface area contributed by atoms with Gasteiger partial charge in [0.25, 0.3) is 5.91 Å². The van der Waals surface area contributed by atoms with Crippen LogP contribution in [0.1, 0.15) is 35.5 Å². The van der Waals surface area contributed by atoms with Crippen molar-refractivity contribution in [1.82, 2.24) is 9.97 Å². The average Bonchev–Trinajstić information content (AvgIpc) is 3.22. The molecule has 2 N–H and O–H groups in total. The Labute approximate surface area is 169 Å². The first-order valence-electron chi connectivity index (χ1n) is 9.58. The van der Waals surface area contributed by atoms with Crippen molar-refractivity contribution in [3.05, 3.63) is 65.6 Å². The maximum atomic E-state index is 12.5. The van der Waals surface area contributed by atoms with Gasteiger partial charge in [-0.3, -0.25) is 4.79 Å². The van der Waals surface area contributed by atoms with E-state index in [-0.39, 0.29) is 18.4 Å². The van der Waals surface area contributed by atoms with Crippen molar-refractivity contribution in [2.75, 3.05) is 17.4 Å². The minimum atomic E-state index is -0.342. The fraction of sp³-hybridized carbons (Fsp3) is 0.227. The Morgan fingerprint density at radius 1 is 1.00 bits per heavy atom. The molecule has 7 nitrogen and oxygen atoms in total. The van der Waals surface area contributed by atoms with Gasteiger partial charge in [0.1, 0.15) is 11.5 Å². The zero-order valence-corrected chi connectivity index (χ0v) is 16.4. The van der Waals surface area contributed by atoms with Gasteiger partial charge in [-0.05, 0) is 36.1 Å². The van der Waals surface area contributed by atoms with Crippen LogP contribution < -0.4 is 20.1 Å². The summed E-state index contributed by atoms with van der Waals surface area (Å²) in [6, 6.07) is 11.5. The highest BCUT2D eigenvalue weighted by Gasteiger charge is 2.15. The van der Waals surface area contributed by atoms with E-state index in [1.807, 2.05) is 0 Å². The van der Waals surface area contributed by atoms with Gasteiger partial charge in [0, 0.05) is 17.4 Å². The van der Waals surface area contributed by atoms with Crippen LogP contribution in [-0.2, 0) is 12.8 Å². The summed E-state index contributed by atoms with van der Waals surface area (Å²) in [5.41, 5.74) is 4.33. The predicted molar refractivity (Wildman–Crippen MR) is 111 cm³/mol. The minimum Gasteiger partial charge on any atom is -0.454 e. The Hall–Kier alpha value is -3.61. The lowest BCUT2D eigenvalue weighted by Crippen LogP contribution is -2.14. The average molecular weight is 390 g/mol. The summed E-state index contributed by atoms with van der Waals surface area (Å²) >= 11 is 0. The highest BCUT2D eigenvalue weighted by Crippen LogP contribution is 2.34. The fourth-order valence-electron chi connectivity index (χ4n) is 3.21. The number of aryl methyl sites for hydroxylation is 2. The third-order valence-electron chi connectivity index (χ3n) is 4.77. The molecule has 0 unspecified atom stereocenters. The van der Waals surface area contributed by atoms with Gasteiger partial charge in [-0.15, -0.1) is 0 Å². The van der Waals surface area contributed by atoms with Crippen LogP contribution in [0.25, 0.3) is 0 Å². The van der Waals surface area contributed by atoms with Gasteiger partial charge in [-0.1, -0.05) is 32.0 Å². The molecule has 0 bridgehead atoms. The number of hydrogen-bond acceptors (Lipinski definition) is 6. The first kappa shape index (κ1) is 18.7. The van der Waals surface area contributed by atoms with E-state index in [9.17, 15) is 4.79 Å². The molecule has 3 aromatic rings. The lowest BCUT2D eigenvalue weighted by molar-refractivity contribution is 0.102. The van der Waals surface area contributed by atoms with Crippen molar-refractivity contribution in [1.29, 1.82) is 0 Å². The molecule has 148 valence electrons. The Morgan fingerprint density at radius 2 is 1.76 bits per heavy atom. The van der Waals surface area contributed by atoms with Crippen LogP contribution in [0.3, 0.4) is 0 Å². The van der Waals surface area contributed by atoms with Crippen LogP contribution in [0, 0.1) is 0 Å². The van der Waals surface area contributed by atoms with Gasteiger partial charge in [0.05, 0.1) is 12.4 Å². The first-order chi connectivity index (χ1) is 14.2. The first-order valence-corrected chi connectivity index (χ1v) is 9.58. The molecular formula is C22H22N4O3. The fourth-order valence-corrected chi connectivity index (χ4v) is 3.21. The van der Waals surface area contributed by atoms with E-state index < -0.39 is 0 Å². The summed E-state index contributed by atoms with van der Waals surface area (Å²) in [6.45, 7) is 4.43. The van der Waals surface area contributed by atoms with Gasteiger partial charge >= 0.3 is 0 Å². The van der Waals surface area contributed by atoms with E-state index >= 15 is 0 Å². The molecule has 0 aliphatic carbocycles. The van der Waals surface area contributed by atoms with Crippen LogP contribution in [0.4, 0.5) is 17.2 Å². The maximum absolute atomic E-state index is 12.5. The van der Waals surface area contributed by atoms with Crippen LogP contribution >= 0.6 is 0 Å². The van der Waals surface area contributed by atoms with Crippen molar-refractivity contribution in [3.8, 4) is 11.5 Å². The molecule has 1 aliphatic heterocycles. The SMILES string of the molecule is CCc1cccc(CC)c1Nc1cnc(C(=O)Nc2ccc3c(c2)OCO3)cn1. The zero-order valence-electron chi connectivity index (χ0n) is 16.4. The lowest BCUT2D eigenvalue weighted by atomic mass is 10.0. The minimum absolute atomic E-state index is 0.188.